The van der Waals surface area contributed by atoms with Crippen molar-refractivity contribution >= 4 is 39.1 Å². The zero-order chi connectivity index (χ0) is 26.3. The Hall–Kier alpha value is -3.43. The fraction of sp³-hybridized carbons (Fsp3) is 0.231. The summed E-state index contributed by atoms with van der Waals surface area (Å²) in [7, 11) is -4.14. The van der Waals surface area contributed by atoms with Gasteiger partial charge in [-0.05, 0) is 67.9 Å². The molecule has 1 atom stereocenters. The van der Waals surface area contributed by atoms with E-state index >= 15 is 0 Å². The first-order chi connectivity index (χ1) is 17.1. The summed E-state index contributed by atoms with van der Waals surface area (Å²) in [6, 6.07) is 18.5. The quantitative estimate of drug-likeness (QED) is 0.424. The summed E-state index contributed by atoms with van der Waals surface area (Å²) in [4.78, 5) is 27.6. The van der Waals surface area contributed by atoms with E-state index in [0.29, 0.717) is 17.1 Å². The van der Waals surface area contributed by atoms with Crippen LogP contribution in [-0.2, 0) is 26.2 Å². The van der Waals surface area contributed by atoms with Gasteiger partial charge in [-0.1, -0.05) is 41.9 Å². The van der Waals surface area contributed by atoms with Gasteiger partial charge in [-0.2, -0.15) is 0 Å². The summed E-state index contributed by atoms with van der Waals surface area (Å²) in [6.45, 7) is 3.10. The Morgan fingerprint density at radius 3 is 2.17 bits per heavy atom. The Kier molecular flexibility index (Phi) is 9.06. The van der Waals surface area contributed by atoms with Crippen molar-refractivity contribution in [2.24, 2.45) is 0 Å². The maximum Gasteiger partial charge on any atom is 0.264 e. The van der Waals surface area contributed by atoms with Crippen molar-refractivity contribution in [3.05, 3.63) is 95.3 Å². The van der Waals surface area contributed by atoms with Crippen molar-refractivity contribution in [1.82, 2.24) is 10.2 Å². The molecule has 0 aliphatic carbocycles. The van der Waals surface area contributed by atoms with Crippen molar-refractivity contribution in [3.8, 4) is 0 Å². The van der Waals surface area contributed by atoms with E-state index in [-0.39, 0.29) is 17.1 Å². The first-order valence-corrected chi connectivity index (χ1v) is 13.1. The van der Waals surface area contributed by atoms with Crippen molar-refractivity contribution < 1.29 is 22.4 Å². The summed E-state index contributed by atoms with van der Waals surface area (Å²) in [5.74, 6) is -1.43. The van der Waals surface area contributed by atoms with E-state index in [0.717, 1.165) is 4.31 Å². The Labute approximate surface area is 215 Å². The highest BCUT2D eigenvalue weighted by molar-refractivity contribution is 7.92. The van der Waals surface area contributed by atoms with Gasteiger partial charge in [-0.15, -0.1) is 0 Å². The second kappa shape index (κ2) is 12.0. The zero-order valence-corrected chi connectivity index (χ0v) is 21.5. The van der Waals surface area contributed by atoms with Gasteiger partial charge in [0.1, 0.15) is 18.4 Å². The molecule has 0 bridgehead atoms. The lowest BCUT2D eigenvalue weighted by Crippen LogP contribution is -2.51. The topological polar surface area (TPSA) is 86.8 Å². The van der Waals surface area contributed by atoms with E-state index in [1.165, 1.54) is 65.6 Å². The number of halogens is 2. The molecule has 190 valence electrons. The van der Waals surface area contributed by atoms with Gasteiger partial charge in [0.25, 0.3) is 10.0 Å². The van der Waals surface area contributed by atoms with E-state index in [4.69, 9.17) is 11.6 Å². The summed E-state index contributed by atoms with van der Waals surface area (Å²) in [5, 5.41) is 3.09. The largest absolute Gasteiger partial charge is 0.355 e. The SMILES string of the molecule is CCNC(=O)[C@H](C)N(Cc1ccc(F)cc1)C(=O)CN(c1ccc(Cl)cc1)S(=O)(=O)c1ccccc1. The zero-order valence-electron chi connectivity index (χ0n) is 19.9. The van der Waals surface area contributed by atoms with Crippen LogP contribution in [0.2, 0.25) is 5.02 Å². The third-order valence-electron chi connectivity index (χ3n) is 5.51. The molecule has 3 aromatic carbocycles. The lowest BCUT2D eigenvalue weighted by atomic mass is 10.1. The number of anilines is 1. The first kappa shape index (κ1) is 27.2. The Bertz CT molecular complexity index is 1290. The Balaban J connectivity index is 2.00. The fourth-order valence-electron chi connectivity index (χ4n) is 3.55. The van der Waals surface area contributed by atoms with Crippen molar-refractivity contribution in [2.75, 3.05) is 17.4 Å². The number of carbonyl (C=O) groups is 2. The molecule has 0 saturated carbocycles. The van der Waals surface area contributed by atoms with Gasteiger partial charge in [-0.3, -0.25) is 13.9 Å². The molecule has 36 heavy (non-hydrogen) atoms. The molecular weight excluding hydrogens is 505 g/mol. The molecule has 7 nitrogen and oxygen atoms in total. The summed E-state index contributed by atoms with van der Waals surface area (Å²) < 4.78 is 41.6. The van der Waals surface area contributed by atoms with Crippen LogP contribution in [0.25, 0.3) is 0 Å². The van der Waals surface area contributed by atoms with Crippen LogP contribution in [-0.4, -0.2) is 44.3 Å². The van der Waals surface area contributed by atoms with E-state index in [1.807, 2.05) is 0 Å². The third-order valence-corrected chi connectivity index (χ3v) is 7.55. The summed E-state index contributed by atoms with van der Waals surface area (Å²) in [6.07, 6.45) is 0. The van der Waals surface area contributed by atoms with Gasteiger partial charge in [0.15, 0.2) is 0 Å². The van der Waals surface area contributed by atoms with Crippen LogP contribution in [0, 0.1) is 5.82 Å². The first-order valence-electron chi connectivity index (χ1n) is 11.3. The normalized spacial score (nSPS) is 12.0. The summed E-state index contributed by atoms with van der Waals surface area (Å²) >= 11 is 6.00. The molecule has 0 unspecified atom stereocenters. The van der Waals surface area contributed by atoms with Crippen LogP contribution in [0.5, 0.6) is 0 Å². The Morgan fingerprint density at radius 2 is 1.58 bits per heavy atom. The molecular formula is C26H27ClFN3O4S. The minimum atomic E-state index is -4.14. The molecule has 0 heterocycles. The Morgan fingerprint density at radius 1 is 0.972 bits per heavy atom. The predicted octanol–water partition coefficient (Wildman–Crippen LogP) is 4.23. The van der Waals surface area contributed by atoms with Gasteiger partial charge in [-0.25, -0.2) is 12.8 Å². The molecule has 3 aromatic rings. The minimum absolute atomic E-state index is 0.00890. The van der Waals surface area contributed by atoms with Crippen molar-refractivity contribution in [2.45, 2.75) is 31.3 Å². The van der Waals surface area contributed by atoms with E-state index < -0.39 is 40.2 Å². The van der Waals surface area contributed by atoms with E-state index in [9.17, 15) is 22.4 Å². The van der Waals surface area contributed by atoms with Crippen LogP contribution in [0.4, 0.5) is 10.1 Å². The number of amides is 2. The number of nitrogens with one attached hydrogen (secondary N) is 1. The highest BCUT2D eigenvalue weighted by Crippen LogP contribution is 2.26. The standard InChI is InChI=1S/C26H27ClFN3O4S/c1-3-29-26(33)19(2)30(17-20-9-13-22(28)14-10-20)25(32)18-31(23-15-11-21(27)12-16-23)36(34,35)24-7-5-4-6-8-24/h4-16,19H,3,17-18H2,1-2H3,(H,29,33)/t19-/m0/s1. The highest BCUT2D eigenvalue weighted by atomic mass is 35.5. The number of carbonyl (C=O) groups excluding carboxylic acids is 2. The third kappa shape index (κ3) is 6.61. The molecule has 0 spiro atoms. The maximum atomic E-state index is 13.6. The molecule has 3 rings (SSSR count). The van der Waals surface area contributed by atoms with E-state index in [2.05, 4.69) is 5.32 Å². The number of hydrogen-bond acceptors (Lipinski definition) is 4. The molecule has 10 heteroatoms. The fourth-order valence-corrected chi connectivity index (χ4v) is 5.11. The summed E-state index contributed by atoms with van der Waals surface area (Å²) in [5.41, 5.74) is 0.828. The number of rotatable bonds is 10. The van der Waals surface area contributed by atoms with Crippen molar-refractivity contribution in [3.63, 3.8) is 0 Å². The smallest absolute Gasteiger partial charge is 0.264 e. The van der Waals surface area contributed by atoms with Gasteiger partial charge in [0.05, 0.1) is 10.6 Å². The molecule has 2 amide bonds. The van der Waals surface area contributed by atoms with E-state index in [1.54, 1.807) is 32.0 Å². The van der Waals surface area contributed by atoms with Crippen LogP contribution in [0.3, 0.4) is 0 Å². The maximum absolute atomic E-state index is 13.6. The lowest BCUT2D eigenvalue weighted by Gasteiger charge is -2.32. The second-order valence-electron chi connectivity index (χ2n) is 8.02. The number of sulfonamides is 1. The molecule has 0 radical (unpaired) electrons. The van der Waals surface area contributed by atoms with Crippen LogP contribution < -0.4 is 9.62 Å². The van der Waals surface area contributed by atoms with Gasteiger partial charge in [0.2, 0.25) is 11.8 Å². The number of hydrogen-bond donors (Lipinski definition) is 1. The lowest BCUT2D eigenvalue weighted by molar-refractivity contribution is -0.139. The minimum Gasteiger partial charge on any atom is -0.355 e. The van der Waals surface area contributed by atoms with Gasteiger partial charge < -0.3 is 10.2 Å². The molecule has 0 saturated heterocycles. The van der Waals surface area contributed by atoms with Crippen LogP contribution >= 0.6 is 11.6 Å². The van der Waals surface area contributed by atoms with Gasteiger partial charge >= 0.3 is 0 Å². The number of likely N-dealkylation sites (N-methyl/N-ethyl adjacent to an activating group) is 1. The molecule has 0 aliphatic rings. The van der Waals surface area contributed by atoms with Crippen molar-refractivity contribution in [1.29, 1.82) is 0 Å². The average Bonchev–Trinajstić information content (AvgIpc) is 2.87. The number of benzene rings is 3. The average molecular weight is 532 g/mol. The highest BCUT2D eigenvalue weighted by Gasteiger charge is 2.32. The monoisotopic (exact) mass is 531 g/mol. The van der Waals surface area contributed by atoms with Crippen LogP contribution in [0.15, 0.2) is 83.8 Å². The van der Waals surface area contributed by atoms with Crippen LogP contribution in [0.1, 0.15) is 19.4 Å². The molecule has 0 aliphatic heterocycles. The second-order valence-corrected chi connectivity index (χ2v) is 10.3. The van der Waals surface area contributed by atoms with Gasteiger partial charge in [0, 0.05) is 18.1 Å². The molecule has 0 aromatic heterocycles. The molecule has 0 fully saturated rings. The predicted molar refractivity (Wildman–Crippen MR) is 138 cm³/mol. The molecule has 1 N–H and O–H groups in total. The number of nitrogens with zero attached hydrogens (tertiary/aromatic N) is 2.